The molecule has 0 unspecified atom stereocenters. The lowest BCUT2D eigenvalue weighted by Gasteiger charge is -2.15. The number of hydrogen-bond acceptors (Lipinski definition) is 2. The molecule has 0 saturated carbocycles. The van der Waals surface area contributed by atoms with Gasteiger partial charge in [0.05, 0.1) is 15.9 Å². The van der Waals surface area contributed by atoms with Crippen LogP contribution in [0.3, 0.4) is 0 Å². The van der Waals surface area contributed by atoms with Gasteiger partial charge >= 0.3 is 0 Å². The van der Waals surface area contributed by atoms with Crippen LogP contribution in [0.1, 0.15) is 26.5 Å². The van der Waals surface area contributed by atoms with Crippen molar-refractivity contribution in [1.29, 1.82) is 0 Å². The molecule has 1 heterocycles. The summed E-state index contributed by atoms with van der Waals surface area (Å²) < 4.78 is 3.67. The number of hydrogen-bond donors (Lipinski definition) is 1. The summed E-state index contributed by atoms with van der Waals surface area (Å²) in [6.45, 7) is 6.35. The number of nitrogens with two attached hydrogens (primary N) is 1. The van der Waals surface area contributed by atoms with E-state index in [4.69, 9.17) is 5.73 Å². The Morgan fingerprint density at radius 3 is 2.11 bits per heavy atom. The highest BCUT2D eigenvalue weighted by atomic mass is 79.9. The third-order valence-corrected chi connectivity index (χ3v) is 3.95. The van der Waals surface area contributed by atoms with Crippen molar-refractivity contribution >= 4 is 37.7 Å². The first-order valence-corrected chi connectivity index (χ1v) is 7.19. The zero-order chi connectivity index (χ0) is 13.5. The number of anilines is 1. The zero-order valence-corrected chi connectivity index (χ0v) is 13.7. The van der Waals surface area contributed by atoms with Crippen molar-refractivity contribution in [3.05, 3.63) is 38.9 Å². The Bertz CT molecular complexity index is 565. The Labute approximate surface area is 124 Å². The van der Waals surface area contributed by atoms with E-state index < -0.39 is 0 Å². The largest absolute Gasteiger partial charge is 0.383 e. The molecule has 0 amide bonds. The van der Waals surface area contributed by atoms with Crippen LogP contribution in [0.4, 0.5) is 5.82 Å². The van der Waals surface area contributed by atoms with Crippen LogP contribution in [-0.2, 0) is 5.41 Å². The van der Waals surface area contributed by atoms with Gasteiger partial charge in [0, 0.05) is 9.89 Å². The molecular weight excluding hydrogens is 358 g/mol. The van der Waals surface area contributed by atoms with Crippen molar-refractivity contribution in [3.63, 3.8) is 0 Å². The first kappa shape index (κ1) is 13.6. The molecule has 0 spiro atoms. The van der Waals surface area contributed by atoms with Crippen LogP contribution in [0.25, 0.3) is 5.69 Å². The lowest BCUT2D eigenvalue weighted by Crippen LogP contribution is -2.13. The molecule has 0 saturated heterocycles. The fraction of sp³-hybridized carbons (Fsp3) is 0.308. The molecule has 96 valence electrons. The highest BCUT2D eigenvalue weighted by Crippen LogP contribution is 2.34. The predicted octanol–water partition coefficient (Wildman–Crippen LogP) is 4.28. The fourth-order valence-corrected chi connectivity index (χ4v) is 2.78. The number of halogens is 2. The van der Waals surface area contributed by atoms with E-state index >= 15 is 0 Å². The molecule has 0 radical (unpaired) electrons. The van der Waals surface area contributed by atoms with Gasteiger partial charge in [0.2, 0.25) is 0 Å². The molecule has 3 nitrogen and oxygen atoms in total. The maximum Gasteiger partial charge on any atom is 0.141 e. The summed E-state index contributed by atoms with van der Waals surface area (Å²) in [6.07, 6.45) is 0. The van der Waals surface area contributed by atoms with E-state index in [0.717, 1.165) is 20.3 Å². The van der Waals surface area contributed by atoms with Gasteiger partial charge in [-0.15, -0.1) is 0 Å². The zero-order valence-electron chi connectivity index (χ0n) is 10.5. The van der Waals surface area contributed by atoms with Crippen LogP contribution < -0.4 is 5.73 Å². The smallest absolute Gasteiger partial charge is 0.141 e. The minimum atomic E-state index is -0.0480. The normalized spacial score (nSPS) is 11.8. The molecule has 0 aliphatic heterocycles. The van der Waals surface area contributed by atoms with Crippen LogP contribution >= 0.6 is 31.9 Å². The minimum absolute atomic E-state index is 0.0480. The van der Waals surface area contributed by atoms with Gasteiger partial charge in [-0.3, -0.25) is 0 Å². The molecule has 2 N–H and O–H groups in total. The minimum Gasteiger partial charge on any atom is -0.383 e. The number of nitrogens with zero attached hydrogens (tertiary/aromatic N) is 2. The molecular formula is C13H15Br2N3. The van der Waals surface area contributed by atoms with Crippen molar-refractivity contribution in [2.45, 2.75) is 26.2 Å². The maximum absolute atomic E-state index is 6.11. The van der Waals surface area contributed by atoms with Gasteiger partial charge in [-0.2, -0.15) is 5.10 Å². The molecule has 2 rings (SSSR count). The maximum atomic E-state index is 6.11. The van der Waals surface area contributed by atoms with Crippen molar-refractivity contribution in [2.24, 2.45) is 0 Å². The lowest BCUT2D eigenvalue weighted by molar-refractivity contribution is 0.558. The van der Waals surface area contributed by atoms with Crippen molar-refractivity contribution in [1.82, 2.24) is 9.78 Å². The molecule has 0 atom stereocenters. The molecule has 0 aliphatic carbocycles. The Kier molecular flexibility index (Phi) is 3.56. The number of aromatic nitrogens is 2. The molecule has 18 heavy (non-hydrogen) atoms. The quantitative estimate of drug-likeness (QED) is 0.811. The van der Waals surface area contributed by atoms with E-state index in [1.807, 2.05) is 24.3 Å². The number of benzene rings is 1. The fourth-order valence-electron chi connectivity index (χ4n) is 1.67. The predicted molar refractivity (Wildman–Crippen MR) is 82.1 cm³/mol. The Morgan fingerprint density at radius 2 is 1.67 bits per heavy atom. The highest BCUT2D eigenvalue weighted by molar-refractivity contribution is 9.11. The number of nitrogen functional groups attached to an aromatic ring is 1. The van der Waals surface area contributed by atoms with E-state index in [-0.39, 0.29) is 5.41 Å². The van der Waals surface area contributed by atoms with E-state index in [2.05, 4.69) is 57.7 Å². The summed E-state index contributed by atoms with van der Waals surface area (Å²) in [4.78, 5) is 0. The number of rotatable bonds is 1. The molecule has 1 aromatic carbocycles. The molecule has 0 bridgehead atoms. The van der Waals surface area contributed by atoms with E-state index in [1.165, 1.54) is 0 Å². The monoisotopic (exact) mass is 371 g/mol. The van der Waals surface area contributed by atoms with Gasteiger partial charge in [-0.1, -0.05) is 36.7 Å². The van der Waals surface area contributed by atoms with Crippen LogP contribution in [0.2, 0.25) is 0 Å². The van der Waals surface area contributed by atoms with Gasteiger partial charge in [-0.25, -0.2) is 4.68 Å². The summed E-state index contributed by atoms with van der Waals surface area (Å²) >= 11 is 6.95. The van der Waals surface area contributed by atoms with Gasteiger partial charge in [0.15, 0.2) is 0 Å². The van der Waals surface area contributed by atoms with E-state index in [9.17, 15) is 0 Å². The average molecular weight is 373 g/mol. The standard InChI is InChI=1S/C13H15Br2N3/c1-13(2,3)11-10(15)12(16)18(17-11)9-6-4-8(14)5-7-9/h4-7H,16H2,1-3H3. The van der Waals surface area contributed by atoms with Crippen molar-refractivity contribution in [3.8, 4) is 5.69 Å². The van der Waals surface area contributed by atoms with Gasteiger partial charge in [0.25, 0.3) is 0 Å². The molecule has 5 heteroatoms. The summed E-state index contributed by atoms with van der Waals surface area (Å²) in [6, 6.07) is 7.90. The third kappa shape index (κ3) is 2.47. The van der Waals surface area contributed by atoms with Gasteiger partial charge in [0.1, 0.15) is 5.82 Å². The van der Waals surface area contributed by atoms with E-state index in [1.54, 1.807) is 4.68 Å². The Hall–Kier alpha value is -0.810. The summed E-state index contributed by atoms with van der Waals surface area (Å²) in [5, 5.41) is 4.61. The molecule has 0 aliphatic rings. The van der Waals surface area contributed by atoms with Crippen LogP contribution in [0.15, 0.2) is 33.2 Å². The van der Waals surface area contributed by atoms with Gasteiger partial charge < -0.3 is 5.73 Å². The molecule has 2 aromatic rings. The van der Waals surface area contributed by atoms with E-state index in [0.29, 0.717) is 5.82 Å². The van der Waals surface area contributed by atoms with Gasteiger partial charge in [-0.05, 0) is 40.2 Å². The van der Waals surface area contributed by atoms with Crippen LogP contribution in [0, 0.1) is 0 Å². The summed E-state index contributed by atoms with van der Waals surface area (Å²) in [7, 11) is 0. The Morgan fingerprint density at radius 1 is 1.11 bits per heavy atom. The second-order valence-corrected chi connectivity index (χ2v) is 6.89. The second-order valence-electron chi connectivity index (χ2n) is 5.19. The first-order chi connectivity index (χ1) is 8.30. The average Bonchev–Trinajstić information content (AvgIpc) is 2.57. The molecule has 1 aromatic heterocycles. The second kappa shape index (κ2) is 4.70. The first-order valence-electron chi connectivity index (χ1n) is 5.61. The summed E-state index contributed by atoms with van der Waals surface area (Å²) in [5.41, 5.74) is 7.98. The van der Waals surface area contributed by atoms with Crippen molar-refractivity contribution in [2.75, 3.05) is 5.73 Å². The van der Waals surface area contributed by atoms with Crippen molar-refractivity contribution < 1.29 is 0 Å². The lowest BCUT2D eigenvalue weighted by atomic mass is 9.92. The molecule has 0 fully saturated rings. The SMILES string of the molecule is CC(C)(C)c1nn(-c2ccc(Br)cc2)c(N)c1Br. The highest BCUT2D eigenvalue weighted by Gasteiger charge is 2.24. The third-order valence-electron chi connectivity index (χ3n) is 2.64. The summed E-state index contributed by atoms with van der Waals surface area (Å²) in [5.74, 6) is 0.627. The Balaban J connectivity index is 2.56. The van der Waals surface area contributed by atoms with Crippen LogP contribution in [0.5, 0.6) is 0 Å². The topological polar surface area (TPSA) is 43.8 Å². The van der Waals surface area contributed by atoms with Crippen LogP contribution in [-0.4, -0.2) is 9.78 Å².